The molecule has 1 N–H and O–H groups in total. The van der Waals surface area contributed by atoms with Gasteiger partial charge in [0.1, 0.15) is 6.10 Å². The number of rotatable bonds is 17. The molecule has 151 valence electrons. The van der Waals surface area contributed by atoms with E-state index in [-0.39, 0.29) is 11.3 Å². The zero-order chi connectivity index (χ0) is 20.2. The van der Waals surface area contributed by atoms with Crippen molar-refractivity contribution in [2.45, 2.75) is 83.3 Å². The van der Waals surface area contributed by atoms with Gasteiger partial charge in [-0.3, -0.25) is 14.9 Å². The molecule has 1 radical (unpaired) electrons. The van der Waals surface area contributed by atoms with E-state index in [1.165, 1.54) is 0 Å². The van der Waals surface area contributed by atoms with Crippen LogP contribution in [0, 0.1) is 10.1 Å². The van der Waals surface area contributed by atoms with Gasteiger partial charge in [0.2, 0.25) is 6.04 Å². The molecule has 0 heterocycles. The summed E-state index contributed by atoms with van der Waals surface area (Å²) in [5, 5.41) is 21.1. The summed E-state index contributed by atoms with van der Waals surface area (Å²) in [4.78, 5) is 20.8. The summed E-state index contributed by atoms with van der Waals surface area (Å²) in [6.45, 7) is 2.07. The largest absolute Gasteiger partial charge is 0.386 e. The maximum absolute atomic E-state index is 11.1. The molecular weight excluding hydrogens is 342 g/mol. The second-order valence-electron chi connectivity index (χ2n) is 6.43. The number of aliphatic hydroxyl groups is 1. The minimum Gasteiger partial charge on any atom is -0.386 e. The Bertz CT molecular complexity index is 495. The zero-order valence-electron chi connectivity index (χ0n) is 16.5. The zero-order valence-corrected chi connectivity index (χ0v) is 16.5. The van der Waals surface area contributed by atoms with Crippen molar-refractivity contribution in [2.75, 3.05) is 0 Å². The number of nitrogens with zero attached hydrogens (tertiary/aromatic N) is 1. The Balaban J connectivity index is 3.94. The molecule has 5 heteroatoms. The van der Waals surface area contributed by atoms with Crippen LogP contribution in [0.5, 0.6) is 0 Å². The predicted molar refractivity (Wildman–Crippen MR) is 111 cm³/mol. The van der Waals surface area contributed by atoms with Crippen LogP contribution >= 0.6 is 0 Å². The SMILES string of the molecule is CCCCCC(O)C(C/C=C\C/C=C\C/C=C\C/C=C\CC[C]=O)[N+](=O)[O-]. The van der Waals surface area contributed by atoms with Crippen LogP contribution in [-0.4, -0.2) is 28.5 Å². The van der Waals surface area contributed by atoms with Crippen molar-refractivity contribution in [3.05, 3.63) is 58.7 Å². The summed E-state index contributed by atoms with van der Waals surface area (Å²) in [6.07, 6.45) is 24.2. The van der Waals surface area contributed by atoms with Gasteiger partial charge in [0.05, 0.1) is 0 Å². The van der Waals surface area contributed by atoms with Gasteiger partial charge in [-0.1, -0.05) is 74.8 Å². The molecule has 0 bridgehead atoms. The van der Waals surface area contributed by atoms with Crippen molar-refractivity contribution in [1.29, 1.82) is 0 Å². The molecule has 0 aromatic rings. The average molecular weight is 377 g/mol. The summed E-state index contributed by atoms with van der Waals surface area (Å²) in [6, 6.07) is -0.914. The van der Waals surface area contributed by atoms with Gasteiger partial charge in [-0.05, 0) is 32.1 Å². The van der Waals surface area contributed by atoms with E-state index in [9.17, 15) is 20.0 Å². The number of hydrogen-bond donors (Lipinski definition) is 1. The molecular formula is C22H34NO4. The highest BCUT2D eigenvalue weighted by molar-refractivity contribution is 5.50. The van der Waals surface area contributed by atoms with Crippen LogP contribution < -0.4 is 0 Å². The molecule has 2 atom stereocenters. The molecule has 0 aliphatic carbocycles. The maximum atomic E-state index is 11.1. The first-order valence-corrected chi connectivity index (χ1v) is 9.90. The van der Waals surface area contributed by atoms with E-state index in [2.05, 4.69) is 25.2 Å². The van der Waals surface area contributed by atoms with Gasteiger partial charge in [-0.15, -0.1) is 0 Å². The Morgan fingerprint density at radius 3 is 2.04 bits per heavy atom. The van der Waals surface area contributed by atoms with E-state index in [0.717, 1.165) is 44.9 Å². The summed E-state index contributed by atoms with van der Waals surface area (Å²) >= 11 is 0. The van der Waals surface area contributed by atoms with Crippen LogP contribution in [-0.2, 0) is 4.79 Å². The molecule has 0 aliphatic rings. The molecule has 0 spiro atoms. The second kappa shape index (κ2) is 18.8. The summed E-state index contributed by atoms with van der Waals surface area (Å²) < 4.78 is 0. The Kier molecular flexibility index (Phi) is 17.4. The monoisotopic (exact) mass is 376 g/mol. The number of aliphatic hydroxyl groups excluding tert-OH is 1. The van der Waals surface area contributed by atoms with Gasteiger partial charge in [-0.2, -0.15) is 0 Å². The molecule has 0 fully saturated rings. The lowest BCUT2D eigenvalue weighted by Crippen LogP contribution is -2.33. The average Bonchev–Trinajstić information content (AvgIpc) is 2.64. The van der Waals surface area contributed by atoms with Crippen LogP contribution in [0.4, 0.5) is 0 Å². The Hall–Kier alpha value is -2.01. The van der Waals surface area contributed by atoms with Gasteiger partial charge in [0.25, 0.3) is 0 Å². The Morgan fingerprint density at radius 1 is 0.963 bits per heavy atom. The molecule has 27 heavy (non-hydrogen) atoms. The molecule has 0 saturated heterocycles. The van der Waals surface area contributed by atoms with Gasteiger partial charge in [0, 0.05) is 17.8 Å². The van der Waals surface area contributed by atoms with Gasteiger partial charge in [-0.25, -0.2) is 0 Å². The fourth-order valence-corrected chi connectivity index (χ4v) is 2.49. The molecule has 0 rings (SSSR count). The first-order chi connectivity index (χ1) is 13.1. The van der Waals surface area contributed by atoms with Gasteiger partial charge < -0.3 is 5.11 Å². The summed E-state index contributed by atoms with van der Waals surface area (Å²) in [5.41, 5.74) is 0. The number of unbranched alkanes of at least 4 members (excludes halogenated alkanes) is 3. The summed E-state index contributed by atoms with van der Waals surface area (Å²) in [7, 11) is 0. The second-order valence-corrected chi connectivity index (χ2v) is 6.43. The minimum atomic E-state index is -0.914. The first kappa shape index (κ1) is 25.0. The topological polar surface area (TPSA) is 80.4 Å². The fourth-order valence-electron chi connectivity index (χ4n) is 2.49. The highest BCUT2D eigenvalue weighted by atomic mass is 16.6. The van der Waals surface area contributed by atoms with E-state index in [0.29, 0.717) is 12.8 Å². The van der Waals surface area contributed by atoms with E-state index < -0.39 is 12.1 Å². The standard InChI is InChI=1S/C22H34NO4/c1-2-3-15-19-22(25)21(23(26)27)18-16-13-11-9-7-5-4-6-8-10-12-14-17-20-24/h4,6-7,9-10,12-13,16,21-22,25H,2-3,5,8,11,14-15,17-19H2,1H3/b6-4-,9-7-,12-10-,16-13-. The predicted octanol–water partition coefficient (Wildman–Crippen LogP) is 5.25. The Labute approximate surface area is 163 Å². The first-order valence-electron chi connectivity index (χ1n) is 9.90. The van der Waals surface area contributed by atoms with E-state index in [1.54, 1.807) is 6.08 Å². The van der Waals surface area contributed by atoms with Gasteiger partial charge >= 0.3 is 0 Å². The third-order valence-electron chi connectivity index (χ3n) is 4.09. The number of nitro groups is 1. The van der Waals surface area contributed by atoms with Crippen LogP contribution in [0.15, 0.2) is 48.6 Å². The van der Waals surface area contributed by atoms with E-state index in [4.69, 9.17) is 0 Å². The lowest BCUT2D eigenvalue weighted by Gasteiger charge is -2.14. The van der Waals surface area contributed by atoms with Crippen LogP contribution in [0.25, 0.3) is 0 Å². The van der Waals surface area contributed by atoms with Crippen molar-refractivity contribution in [2.24, 2.45) is 0 Å². The molecule has 2 unspecified atom stereocenters. The van der Waals surface area contributed by atoms with Gasteiger partial charge in [0.15, 0.2) is 6.29 Å². The number of carbonyl (C=O) groups excluding carboxylic acids is 1. The van der Waals surface area contributed by atoms with Crippen molar-refractivity contribution in [3.8, 4) is 0 Å². The molecule has 0 saturated carbocycles. The van der Waals surface area contributed by atoms with Crippen LogP contribution in [0.1, 0.15) is 71.1 Å². The van der Waals surface area contributed by atoms with Crippen LogP contribution in [0.2, 0.25) is 0 Å². The summed E-state index contributed by atoms with van der Waals surface area (Å²) in [5.74, 6) is 0. The van der Waals surface area contributed by atoms with Crippen molar-refractivity contribution in [1.82, 2.24) is 0 Å². The third kappa shape index (κ3) is 15.9. The fraction of sp³-hybridized carbons (Fsp3) is 0.591. The van der Waals surface area contributed by atoms with E-state index >= 15 is 0 Å². The molecule has 5 nitrogen and oxygen atoms in total. The lowest BCUT2D eigenvalue weighted by atomic mass is 10.0. The molecule has 0 aliphatic heterocycles. The van der Waals surface area contributed by atoms with Crippen molar-refractivity contribution >= 4 is 6.29 Å². The number of hydrogen-bond acceptors (Lipinski definition) is 4. The smallest absolute Gasteiger partial charge is 0.241 e. The lowest BCUT2D eigenvalue weighted by molar-refractivity contribution is -0.533. The number of allylic oxidation sites excluding steroid dienone is 7. The van der Waals surface area contributed by atoms with Crippen LogP contribution in [0.3, 0.4) is 0 Å². The normalized spacial score (nSPS) is 14.6. The Morgan fingerprint density at radius 2 is 1.52 bits per heavy atom. The molecule has 0 aromatic carbocycles. The molecule has 0 amide bonds. The highest BCUT2D eigenvalue weighted by Crippen LogP contribution is 2.12. The maximum Gasteiger partial charge on any atom is 0.241 e. The van der Waals surface area contributed by atoms with E-state index in [1.807, 2.05) is 30.6 Å². The van der Waals surface area contributed by atoms with Crippen molar-refractivity contribution in [3.63, 3.8) is 0 Å². The minimum absolute atomic E-state index is 0.266. The van der Waals surface area contributed by atoms with Crippen molar-refractivity contribution < 1.29 is 14.8 Å². The third-order valence-corrected chi connectivity index (χ3v) is 4.09. The quantitative estimate of drug-likeness (QED) is 0.163. The molecule has 0 aromatic heterocycles. The highest BCUT2D eigenvalue weighted by Gasteiger charge is 2.27.